The molecule has 0 atom stereocenters. The lowest BCUT2D eigenvalue weighted by Crippen LogP contribution is -2.18. The van der Waals surface area contributed by atoms with Crippen LogP contribution in [0.5, 0.6) is 0 Å². The first kappa shape index (κ1) is 22.7. The van der Waals surface area contributed by atoms with Crippen LogP contribution in [0.15, 0.2) is 83.3 Å². The third-order valence-corrected chi connectivity index (χ3v) is 6.03. The van der Waals surface area contributed by atoms with Crippen LogP contribution in [-0.2, 0) is 11.3 Å². The molecule has 0 bridgehead atoms. The summed E-state index contributed by atoms with van der Waals surface area (Å²) in [6.45, 7) is 2.30. The van der Waals surface area contributed by atoms with Gasteiger partial charge in [-0.2, -0.15) is 0 Å². The van der Waals surface area contributed by atoms with Crippen LogP contribution < -0.4 is 5.32 Å². The Kier molecular flexibility index (Phi) is 6.29. The number of anilines is 1. The van der Waals surface area contributed by atoms with Crippen molar-refractivity contribution in [2.75, 3.05) is 11.9 Å². The minimum atomic E-state index is -0.571. The molecule has 0 unspecified atom stereocenters. The fraction of sp³-hybridized carbons (Fsp3) is 0.111. The summed E-state index contributed by atoms with van der Waals surface area (Å²) in [7, 11) is 0. The summed E-state index contributed by atoms with van der Waals surface area (Å²) in [4.78, 5) is 36.0. The van der Waals surface area contributed by atoms with Crippen LogP contribution in [0.3, 0.4) is 0 Å². The van der Waals surface area contributed by atoms with Gasteiger partial charge < -0.3 is 14.6 Å². The molecule has 1 N–H and O–H groups in total. The van der Waals surface area contributed by atoms with Gasteiger partial charge in [-0.3, -0.25) is 4.79 Å². The number of esters is 1. The van der Waals surface area contributed by atoms with Crippen LogP contribution in [0.25, 0.3) is 22.2 Å². The van der Waals surface area contributed by atoms with Gasteiger partial charge in [-0.05, 0) is 42.8 Å². The Morgan fingerprint density at radius 1 is 0.943 bits per heavy atom. The SMILES string of the molecule is CCOC(=O)c1c(NC(=O)c2cccc(Br)c2)n(Cc2ccccc2)c2nc3ccccc3nc12. The maximum absolute atomic E-state index is 13.3. The first-order chi connectivity index (χ1) is 17.0. The van der Waals surface area contributed by atoms with Gasteiger partial charge in [-0.25, -0.2) is 14.8 Å². The van der Waals surface area contributed by atoms with E-state index in [0.717, 1.165) is 10.0 Å². The van der Waals surface area contributed by atoms with E-state index in [2.05, 4.69) is 21.2 Å². The minimum Gasteiger partial charge on any atom is -0.462 e. The number of para-hydroxylation sites is 2. The predicted octanol–water partition coefficient (Wildman–Crippen LogP) is 5.82. The maximum Gasteiger partial charge on any atom is 0.344 e. The number of hydrogen-bond acceptors (Lipinski definition) is 5. The van der Waals surface area contributed by atoms with Gasteiger partial charge >= 0.3 is 5.97 Å². The summed E-state index contributed by atoms with van der Waals surface area (Å²) in [5.41, 5.74) is 3.80. The standard InChI is InChI=1S/C27H21BrN4O3/c1-2-35-27(34)22-23-25(30-21-14-7-6-13-20(21)29-23)32(16-17-9-4-3-5-10-17)24(22)31-26(33)18-11-8-12-19(28)15-18/h3-15H,2,16H2,1H3,(H,31,33). The third kappa shape index (κ3) is 4.52. The van der Waals surface area contributed by atoms with Gasteiger partial charge in [0.25, 0.3) is 5.91 Å². The van der Waals surface area contributed by atoms with E-state index in [-0.39, 0.29) is 18.1 Å². The molecule has 0 radical (unpaired) electrons. The molecule has 5 aromatic rings. The van der Waals surface area contributed by atoms with Crippen molar-refractivity contribution in [1.82, 2.24) is 14.5 Å². The first-order valence-electron chi connectivity index (χ1n) is 11.1. The van der Waals surface area contributed by atoms with Crippen LogP contribution in [0.2, 0.25) is 0 Å². The van der Waals surface area contributed by atoms with Crippen molar-refractivity contribution in [2.45, 2.75) is 13.5 Å². The molecular weight excluding hydrogens is 508 g/mol. The monoisotopic (exact) mass is 528 g/mol. The number of halogens is 1. The van der Waals surface area contributed by atoms with Crippen molar-refractivity contribution >= 4 is 55.8 Å². The molecule has 8 heteroatoms. The second-order valence-corrected chi connectivity index (χ2v) is 8.78. The second-order valence-electron chi connectivity index (χ2n) is 7.86. The molecule has 0 spiro atoms. The number of carbonyl (C=O) groups is 2. The molecule has 0 aliphatic rings. The molecule has 0 aliphatic heterocycles. The molecule has 0 saturated carbocycles. The number of rotatable bonds is 6. The number of benzene rings is 3. The molecule has 2 aromatic heterocycles. The molecule has 7 nitrogen and oxygen atoms in total. The molecule has 0 aliphatic carbocycles. The van der Waals surface area contributed by atoms with Crippen molar-refractivity contribution in [3.05, 3.63) is 100 Å². The molecule has 35 heavy (non-hydrogen) atoms. The van der Waals surface area contributed by atoms with Crippen molar-refractivity contribution in [2.24, 2.45) is 0 Å². The van der Waals surface area contributed by atoms with Crippen LogP contribution in [0.4, 0.5) is 5.82 Å². The summed E-state index contributed by atoms with van der Waals surface area (Å²) in [6, 6.07) is 24.3. The van der Waals surface area contributed by atoms with E-state index < -0.39 is 5.97 Å². The van der Waals surface area contributed by atoms with Crippen molar-refractivity contribution in [3.8, 4) is 0 Å². The Morgan fingerprint density at radius 3 is 2.37 bits per heavy atom. The molecule has 1 amide bonds. The second kappa shape index (κ2) is 9.68. The van der Waals surface area contributed by atoms with Crippen LogP contribution in [0, 0.1) is 0 Å². The highest BCUT2D eigenvalue weighted by Crippen LogP contribution is 2.32. The van der Waals surface area contributed by atoms with E-state index in [1.165, 1.54) is 0 Å². The summed E-state index contributed by atoms with van der Waals surface area (Å²) < 4.78 is 7.96. The Hall–Kier alpha value is -4.04. The highest BCUT2D eigenvalue weighted by atomic mass is 79.9. The molecule has 3 aromatic carbocycles. The van der Waals surface area contributed by atoms with E-state index >= 15 is 0 Å². The lowest BCUT2D eigenvalue weighted by atomic mass is 10.2. The van der Waals surface area contributed by atoms with E-state index in [4.69, 9.17) is 14.7 Å². The van der Waals surface area contributed by atoms with E-state index in [9.17, 15) is 9.59 Å². The van der Waals surface area contributed by atoms with Gasteiger partial charge in [0, 0.05) is 10.0 Å². The fourth-order valence-corrected chi connectivity index (χ4v) is 4.35. The number of carbonyl (C=O) groups excluding carboxylic acids is 2. The van der Waals surface area contributed by atoms with Crippen molar-refractivity contribution < 1.29 is 14.3 Å². The van der Waals surface area contributed by atoms with E-state index in [0.29, 0.717) is 40.1 Å². The van der Waals surface area contributed by atoms with Gasteiger partial charge in [-0.1, -0.05) is 64.5 Å². The Bertz CT molecular complexity index is 1560. The summed E-state index contributed by atoms with van der Waals surface area (Å²) in [5, 5.41) is 2.95. The van der Waals surface area contributed by atoms with Crippen LogP contribution >= 0.6 is 15.9 Å². The summed E-state index contributed by atoms with van der Waals surface area (Å²) >= 11 is 3.41. The number of fused-ring (bicyclic) bond motifs is 2. The quantitative estimate of drug-likeness (QED) is 0.280. The zero-order valence-electron chi connectivity index (χ0n) is 18.9. The smallest absolute Gasteiger partial charge is 0.344 e. The van der Waals surface area contributed by atoms with Crippen LogP contribution in [0.1, 0.15) is 33.2 Å². The van der Waals surface area contributed by atoms with Gasteiger partial charge in [0.2, 0.25) is 0 Å². The normalized spacial score (nSPS) is 11.0. The molecule has 0 saturated heterocycles. The number of hydrogen-bond donors (Lipinski definition) is 1. The Morgan fingerprint density at radius 2 is 1.66 bits per heavy atom. The fourth-order valence-electron chi connectivity index (χ4n) is 3.96. The lowest BCUT2D eigenvalue weighted by molar-refractivity contribution is 0.0529. The Balaban J connectivity index is 1.76. The maximum atomic E-state index is 13.3. The zero-order valence-corrected chi connectivity index (χ0v) is 20.5. The molecule has 5 rings (SSSR count). The minimum absolute atomic E-state index is 0.180. The summed E-state index contributed by atoms with van der Waals surface area (Å²) in [5.74, 6) is -0.639. The van der Waals surface area contributed by atoms with E-state index in [1.54, 1.807) is 25.1 Å². The third-order valence-electron chi connectivity index (χ3n) is 5.53. The van der Waals surface area contributed by atoms with Gasteiger partial charge in [0.15, 0.2) is 5.65 Å². The number of ether oxygens (including phenoxy) is 1. The average Bonchev–Trinajstić information content (AvgIpc) is 3.15. The predicted molar refractivity (Wildman–Crippen MR) is 139 cm³/mol. The molecule has 2 heterocycles. The molecule has 174 valence electrons. The molecular formula is C27H21BrN4O3. The topological polar surface area (TPSA) is 86.1 Å². The van der Waals surface area contributed by atoms with Crippen LogP contribution in [-0.4, -0.2) is 33.0 Å². The van der Waals surface area contributed by atoms with Crippen molar-refractivity contribution in [3.63, 3.8) is 0 Å². The van der Waals surface area contributed by atoms with Gasteiger partial charge in [0.05, 0.1) is 24.2 Å². The van der Waals surface area contributed by atoms with Gasteiger partial charge in [0.1, 0.15) is 16.9 Å². The lowest BCUT2D eigenvalue weighted by Gasteiger charge is -2.13. The zero-order chi connectivity index (χ0) is 24.4. The van der Waals surface area contributed by atoms with Crippen molar-refractivity contribution in [1.29, 1.82) is 0 Å². The largest absolute Gasteiger partial charge is 0.462 e. The Labute approximate surface area is 209 Å². The number of aromatic nitrogens is 3. The average molecular weight is 529 g/mol. The molecule has 0 fully saturated rings. The number of nitrogens with zero attached hydrogens (tertiary/aromatic N) is 3. The number of amides is 1. The highest BCUT2D eigenvalue weighted by Gasteiger charge is 2.28. The van der Waals surface area contributed by atoms with E-state index in [1.807, 2.05) is 65.2 Å². The van der Waals surface area contributed by atoms with Gasteiger partial charge in [-0.15, -0.1) is 0 Å². The first-order valence-corrected chi connectivity index (χ1v) is 11.9. The number of nitrogens with one attached hydrogen (secondary N) is 1. The summed E-state index contributed by atoms with van der Waals surface area (Å²) in [6.07, 6.45) is 0. The highest BCUT2D eigenvalue weighted by molar-refractivity contribution is 9.10.